The summed E-state index contributed by atoms with van der Waals surface area (Å²) in [6, 6.07) is 3.80. The van der Waals surface area contributed by atoms with Crippen molar-refractivity contribution in [2.24, 2.45) is 0 Å². The molecule has 0 aliphatic heterocycles. The van der Waals surface area contributed by atoms with Crippen LogP contribution in [-0.2, 0) is 0 Å². The number of amides is 1. The summed E-state index contributed by atoms with van der Waals surface area (Å²) in [5, 5.41) is 0. The van der Waals surface area contributed by atoms with Crippen molar-refractivity contribution in [3.05, 3.63) is 35.4 Å². The van der Waals surface area contributed by atoms with Gasteiger partial charge in [-0.05, 0) is 44.1 Å². The number of rotatable bonds is 5. The van der Waals surface area contributed by atoms with Crippen molar-refractivity contribution in [1.29, 1.82) is 0 Å². The lowest BCUT2D eigenvalue weighted by molar-refractivity contribution is 0.0465. The van der Waals surface area contributed by atoms with Crippen LogP contribution in [0, 0.1) is 11.6 Å². The van der Waals surface area contributed by atoms with Gasteiger partial charge in [0.15, 0.2) is 11.6 Å². The summed E-state index contributed by atoms with van der Waals surface area (Å²) in [6.45, 7) is 6.16. The molecule has 5 heteroatoms. The third-order valence-corrected chi connectivity index (χ3v) is 4.96. The average Bonchev–Trinajstić information content (AvgIpc) is 2.57. The van der Waals surface area contributed by atoms with E-state index < -0.39 is 11.6 Å². The Kier molecular flexibility index (Phi) is 6.10. The molecule has 128 valence electrons. The Hall–Kier alpha value is -1.49. The Morgan fingerprint density at radius 2 is 1.70 bits per heavy atom. The maximum Gasteiger partial charge on any atom is 0.254 e. The molecule has 1 aromatic carbocycles. The zero-order valence-corrected chi connectivity index (χ0v) is 14.2. The molecule has 0 aromatic heterocycles. The van der Waals surface area contributed by atoms with Gasteiger partial charge >= 0.3 is 0 Å². The minimum absolute atomic E-state index is 0.115. The lowest BCUT2D eigenvalue weighted by Crippen LogP contribution is -2.53. The Labute approximate surface area is 137 Å². The number of benzene rings is 1. The molecule has 0 N–H and O–H groups in total. The number of halogens is 2. The van der Waals surface area contributed by atoms with Crippen LogP contribution in [0.4, 0.5) is 8.78 Å². The highest BCUT2D eigenvalue weighted by Gasteiger charge is 2.34. The first-order chi connectivity index (χ1) is 11.0. The zero-order chi connectivity index (χ0) is 17.0. The van der Waals surface area contributed by atoms with Gasteiger partial charge in [-0.3, -0.25) is 9.69 Å². The Morgan fingerprint density at radius 1 is 1.09 bits per heavy atom. The van der Waals surface area contributed by atoms with E-state index in [9.17, 15) is 13.6 Å². The van der Waals surface area contributed by atoms with Gasteiger partial charge in [0.2, 0.25) is 0 Å². The van der Waals surface area contributed by atoms with Gasteiger partial charge in [-0.2, -0.15) is 0 Å². The van der Waals surface area contributed by atoms with Gasteiger partial charge in [0.25, 0.3) is 5.91 Å². The normalized spacial score (nSPS) is 21.5. The summed E-state index contributed by atoms with van der Waals surface area (Å²) < 4.78 is 26.5. The van der Waals surface area contributed by atoms with Gasteiger partial charge < -0.3 is 4.90 Å². The molecule has 1 aromatic rings. The van der Waals surface area contributed by atoms with Gasteiger partial charge in [-0.25, -0.2) is 8.78 Å². The van der Waals surface area contributed by atoms with Gasteiger partial charge in [0.05, 0.1) is 0 Å². The summed E-state index contributed by atoms with van der Waals surface area (Å²) in [6.07, 6.45) is 4.29. The molecule has 0 bridgehead atoms. The van der Waals surface area contributed by atoms with Crippen LogP contribution in [0.15, 0.2) is 18.2 Å². The number of hydrogen-bond donors (Lipinski definition) is 0. The van der Waals surface area contributed by atoms with Crippen LogP contribution in [0.1, 0.15) is 49.9 Å². The number of nitrogens with zero attached hydrogens (tertiary/aromatic N) is 2. The lowest BCUT2D eigenvalue weighted by atomic mass is 9.87. The van der Waals surface area contributed by atoms with E-state index in [2.05, 4.69) is 18.7 Å². The molecule has 1 aliphatic carbocycles. The van der Waals surface area contributed by atoms with Gasteiger partial charge in [-0.15, -0.1) is 0 Å². The molecular formula is C18H26F2N2O. The predicted octanol–water partition coefficient (Wildman–Crippen LogP) is 3.69. The summed E-state index contributed by atoms with van der Waals surface area (Å²) in [5.41, 5.74) is 0.204. The van der Waals surface area contributed by atoms with E-state index in [1.54, 1.807) is 11.9 Å². The van der Waals surface area contributed by atoms with E-state index in [1.807, 2.05) is 0 Å². The van der Waals surface area contributed by atoms with Crippen LogP contribution in [-0.4, -0.2) is 47.9 Å². The van der Waals surface area contributed by atoms with Crippen molar-refractivity contribution in [3.8, 4) is 0 Å². The summed E-state index contributed by atoms with van der Waals surface area (Å²) >= 11 is 0. The molecule has 0 radical (unpaired) electrons. The first-order valence-electron chi connectivity index (χ1n) is 8.45. The van der Waals surface area contributed by atoms with Crippen LogP contribution in [0.2, 0.25) is 0 Å². The van der Waals surface area contributed by atoms with Crippen molar-refractivity contribution in [2.45, 2.75) is 51.6 Å². The highest BCUT2D eigenvalue weighted by atomic mass is 19.2. The third kappa shape index (κ3) is 3.89. The minimum Gasteiger partial charge on any atom is -0.337 e. The molecule has 23 heavy (non-hydrogen) atoms. The van der Waals surface area contributed by atoms with Gasteiger partial charge in [0, 0.05) is 24.7 Å². The number of hydrogen-bond acceptors (Lipinski definition) is 2. The number of carbonyl (C=O) groups is 1. The zero-order valence-electron chi connectivity index (χ0n) is 14.2. The molecule has 1 saturated carbocycles. The van der Waals surface area contributed by atoms with E-state index >= 15 is 0 Å². The van der Waals surface area contributed by atoms with Gasteiger partial charge in [-0.1, -0.05) is 26.7 Å². The van der Waals surface area contributed by atoms with Crippen LogP contribution in [0.3, 0.4) is 0 Å². The second-order valence-corrected chi connectivity index (χ2v) is 6.19. The molecular weight excluding hydrogens is 298 g/mol. The first kappa shape index (κ1) is 17.9. The highest BCUT2D eigenvalue weighted by molar-refractivity contribution is 5.94. The molecule has 3 nitrogen and oxygen atoms in total. The smallest absolute Gasteiger partial charge is 0.254 e. The van der Waals surface area contributed by atoms with E-state index in [4.69, 9.17) is 0 Å². The molecule has 0 saturated heterocycles. The second-order valence-electron chi connectivity index (χ2n) is 6.19. The molecule has 2 rings (SSSR count). The molecule has 1 aliphatic rings. The summed E-state index contributed by atoms with van der Waals surface area (Å²) in [7, 11) is 1.77. The van der Waals surface area contributed by atoms with Crippen LogP contribution in [0.5, 0.6) is 0 Å². The summed E-state index contributed by atoms with van der Waals surface area (Å²) in [5.74, 6) is -2.15. The maximum absolute atomic E-state index is 13.4. The average molecular weight is 324 g/mol. The second kappa shape index (κ2) is 7.86. The monoisotopic (exact) mass is 324 g/mol. The van der Waals surface area contributed by atoms with E-state index in [1.165, 1.54) is 12.5 Å². The number of carbonyl (C=O) groups excluding carboxylic acids is 1. The standard InChI is InChI=1S/C18H26F2N2O/c1-4-22(5-2)17-9-7-6-8-16(17)21(3)18(23)13-10-11-14(19)15(20)12-13/h10-12,16-17H,4-9H2,1-3H3/t16-,17-/m1/s1. The minimum atomic E-state index is -0.979. The summed E-state index contributed by atoms with van der Waals surface area (Å²) in [4.78, 5) is 16.8. The fraction of sp³-hybridized carbons (Fsp3) is 0.611. The Bertz CT molecular complexity index is 546. The molecule has 0 unspecified atom stereocenters. The lowest BCUT2D eigenvalue weighted by Gasteiger charge is -2.43. The third-order valence-electron chi connectivity index (χ3n) is 4.96. The molecule has 1 amide bonds. The predicted molar refractivity (Wildman–Crippen MR) is 87.4 cm³/mol. The first-order valence-corrected chi connectivity index (χ1v) is 8.45. The van der Waals surface area contributed by atoms with E-state index in [0.29, 0.717) is 6.04 Å². The van der Waals surface area contributed by atoms with Crippen molar-refractivity contribution in [1.82, 2.24) is 9.80 Å². The van der Waals surface area contributed by atoms with Crippen LogP contribution < -0.4 is 0 Å². The van der Waals surface area contributed by atoms with Crippen LogP contribution in [0.25, 0.3) is 0 Å². The van der Waals surface area contributed by atoms with Crippen LogP contribution >= 0.6 is 0 Å². The molecule has 1 fully saturated rings. The fourth-order valence-corrected chi connectivity index (χ4v) is 3.65. The molecule has 2 atom stereocenters. The Morgan fingerprint density at radius 3 is 2.26 bits per heavy atom. The molecule has 0 heterocycles. The largest absolute Gasteiger partial charge is 0.337 e. The topological polar surface area (TPSA) is 23.6 Å². The maximum atomic E-state index is 13.4. The fourth-order valence-electron chi connectivity index (χ4n) is 3.65. The van der Waals surface area contributed by atoms with E-state index in [-0.39, 0.29) is 17.5 Å². The van der Waals surface area contributed by atoms with Crippen molar-refractivity contribution < 1.29 is 13.6 Å². The van der Waals surface area contributed by atoms with Gasteiger partial charge in [0.1, 0.15) is 0 Å². The molecule has 0 spiro atoms. The van der Waals surface area contributed by atoms with Crippen molar-refractivity contribution in [3.63, 3.8) is 0 Å². The quantitative estimate of drug-likeness (QED) is 0.825. The highest BCUT2D eigenvalue weighted by Crippen LogP contribution is 2.27. The van der Waals surface area contributed by atoms with Crippen molar-refractivity contribution in [2.75, 3.05) is 20.1 Å². The Balaban J connectivity index is 2.19. The van der Waals surface area contributed by atoms with E-state index in [0.717, 1.165) is 44.5 Å². The van der Waals surface area contributed by atoms with Crippen molar-refractivity contribution >= 4 is 5.91 Å². The number of likely N-dealkylation sites (N-methyl/N-ethyl adjacent to an activating group) is 2. The SMILES string of the molecule is CCN(CC)[C@@H]1CCCC[C@H]1N(C)C(=O)c1ccc(F)c(F)c1.